The van der Waals surface area contributed by atoms with Crippen LogP contribution in [0.4, 0.5) is 0 Å². The molecule has 0 aromatic heterocycles. The first-order chi connectivity index (χ1) is 13.6. The number of aryl methyl sites for hydroxylation is 1. The minimum absolute atomic E-state index is 0.0396. The molecule has 0 radical (unpaired) electrons. The second-order valence-corrected chi connectivity index (χ2v) is 7.22. The van der Waals surface area contributed by atoms with E-state index >= 15 is 0 Å². The maximum Gasteiger partial charge on any atom is 0.242 e. The molecule has 0 saturated carbocycles. The third kappa shape index (κ3) is 6.38. The van der Waals surface area contributed by atoms with E-state index in [4.69, 9.17) is 11.6 Å². The van der Waals surface area contributed by atoms with E-state index < -0.39 is 6.04 Å². The zero-order valence-electron chi connectivity index (χ0n) is 16.7. The van der Waals surface area contributed by atoms with E-state index in [0.29, 0.717) is 37.4 Å². The molecule has 0 heterocycles. The van der Waals surface area contributed by atoms with E-state index in [1.807, 2.05) is 68.4 Å². The lowest BCUT2D eigenvalue weighted by atomic mass is 10.1. The van der Waals surface area contributed by atoms with Gasteiger partial charge in [0.2, 0.25) is 11.8 Å². The maximum atomic E-state index is 13.1. The molecule has 0 saturated heterocycles. The van der Waals surface area contributed by atoms with Crippen molar-refractivity contribution in [1.29, 1.82) is 0 Å². The van der Waals surface area contributed by atoms with Crippen molar-refractivity contribution in [2.24, 2.45) is 0 Å². The number of nitrogens with one attached hydrogen (secondary N) is 1. The van der Waals surface area contributed by atoms with Gasteiger partial charge >= 0.3 is 0 Å². The second-order valence-electron chi connectivity index (χ2n) is 6.81. The highest BCUT2D eigenvalue weighted by Gasteiger charge is 2.28. The van der Waals surface area contributed by atoms with Gasteiger partial charge in [-0.15, -0.1) is 0 Å². The first-order valence-corrected chi connectivity index (χ1v) is 10.3. The molecule has 1 unspecified atom stereocenters. The zero-order chi connectivity index (χ0) is 20.4. The van der Waals surface area contributed by atoms with Crippen molar-refractivity contribution in [2.75, 3.05) is 6.54 Å². The molecule has 0 aliphatic rings. The van der Waals surface area contributed by atoms with Crippen LogP contribution in [0.1, 0.15) is 44.2 Å². The molecule has 2 amide bonds. The van der Waals surface area contributed by atoms with Gasteiger partial charge in [0.25, 0.3) is 0 Å². The molecule has 28 heavy (non-hydrogen) atoms. The highest BCUT2D eigenvalue weighted by Crippen LogP contribution is 2.19. The van der Waals surface area contributed by atoms with Gasteiger partial charge < -0.3 is 10.2 Å². The summed E-state index contributed by atoms with van der Waals surface area (Å²) in [5.74, 6) is -0.131. The topological polar surface area (TPSA) is 49.4 Å². The van der Waals surface area contributed by atoms with E-state index in [0.717, 1.165) is 17.5 Å². The summed E-state index contributed by atoms with van der Waals surface area (Å²) in [6, 6.07) is 16.9. The van der Waals surface area contributed by atoms with Crippen LogP contribution < -0.4 is 5.32 Å². The number of nitrogens with zero attached hydrogens (tertiary/aromatic N) is 1. The molecule has 0 aliphatic carbocycles. The number of rotatable bonds is 10. The Morgan fingerprint density at radius 3 is 2.36 bits per heavy atom. The number of carbonyl (C=O) groups is 2. The van der Waals surface area contributed by atoms with Gasteiger partial charge in [-0.2, -0.15) is 0 Å². The fourth-order valence-electron chi connectivity index (χ4n) is 3.15. The van der Waals surface area contributed by atoms with Crippen LogP contribution in [-0.2, 0) is 22.6 Å². The summed E-state index contributed by atoms with van der Waals surface area (Å²) in [4.78, 5) is 27.5. The number of hydrogen-bond acceptors (Lipinski definition) is 2. The van der Waals surface area contributed by atoms with Crippen LogP contribution in [-0.4, -0.2) is 29.3 Å². The van der Waals surface area contributed by atoms with Gasteiger partial charge in [-0.05, 0) is 36.5 Å². The van der Waals surface area contributed by atoms with Gasteiger partial charge in [0.15, 0.2) is 0 Å². The predicted octanol–water partition coefficient (Wildman–Crippen LogP) is 4.61. The summed E-state index contributed by atoms with van der Waals surface area (Å²) < 4.78 is 0. The van der Waals surface area contributed by atoms with Gasteiger partial charge in [0.1, 0.15) is 6.04 Å². The highest BCUT2D eigenvalue weighted by molar-refractivity contribution is 6.31. The molecule has 150 valence electrons. The molecule has 1 N–H and O–H groups in total. The van der Waals surface area contributed by atoms with Crippen LogP contribution in [0.2, 0.25) is 5.02 Å². The Morgan fingerprint density at radius 1 is 1.04 bits per heavy atom. The van der Waals surface area contributed by atoms with Crippen molar-refractivity contribution < 1.29 is 9.59 Å². The number of hydrogen-bond donors (Lipinski definition) is 1. The minimum atomic E-state index is -0.481. The summed E-state index contributed by atoms with van der Waals surface area (Å²) in [5.41, 5.74) is 1.95. The third-order valence-corrected chi connectivity index (χ3v) is 5.07. The average molecular weight is 401 g/mol. The Balaban J connectivity index is 2.17. The number of halogens is 1. The molecule has 0 spiro atoms. The highest BCUT2D eigenvalue weighted by atomic mass is 35.5. The van der Waals surface area contributed by atoms with Gasteiger partial charge in [0.05, 0.1) is 0 Å². The molecule has 2 rings (SSSR count). The molecule has 5 heteroatoms. The van der Waals surface area contributed by atoms with E-state index in [1.165, 1.54) is 0 Å². The van der Waals surface area contributed by atoms with Crippen molar-refractivity contribution >= 4 is 23.4 Å². The summed E-state index contributed by atoms with van der Waals surface area (Å²) >= 11 is 6.23. The van der Waals surface area contributed by atoms with Gasteiger partial charge in [-0.25, -0.2) is 0 Å². The second kappa shape index (κ2) is 11.5. The molecule has 1 atom stereocenters. The Morgan fingerprint density at radius 2 is 1.71 bits per heavy atom. The quantitative estimate of drug-likeness (QED) is 0.633. The largest absolute Gasteiger partial charge is 0.354 e. The van der Waals surface area contributed by atoms with E-state index in [-0.39, 0.29) is 11.8 Å². The molecule has 0 bridgehead atoms. The molecule has 2 aromatic rings. The van der Waals surface area contributed by atoms with Crippen LogP contribution in [0.25, 0.3) is 0 Å². The van der Waals surface area contributed by atoms with Crippen LogP contribution >= 0.6 is 11.6 Å². The molecule has 0 fully saturated rings. The minimum Gasteiger partial charge on any atom is -0.354 e. The predicted molar refractivity (Wildman–Crippen MR) is 114 cm³/mol. The Labute approximate surface area is 172 Å². The first kappa shape index (κ1) is 22.0. The maximum absolute atomic E-state index is 13.1. The summed E-state index contributed by atoms with van der Waals surface area (Å²) in [6.45, 7) is 4.98. The van der Waals surface area contributed by atoms with E-state index in [1.54, 1.807) is 4.90 Å². The normalized spacial score (nSPS) is 11.7. The Bertz CT molecular complexity index is 764. The van der Waals surface area contributed by atoms with Crippen LogP contribution in [0.15, 0.2) is 54.6 Å². The number of amides is 2. The van der Waals surface area contributed by atoms with Crippen LogP contribution in [0.3, 0.4) is 0 Å². The number of benzene rings is 2. The molecule has 4 nitrogen and oxygen atoms in total. The average Bonchev–Trinajstić information content (AvgIpc) is 2.72. The van der Waals surface area contributed by atoms with Gasteiger partial charge in [-0.1, -0.05) is 74.0 Å². The van der Waals surface area contributed by atoms with Gasteiger partial charge in [0, 0.05) is 24.5 Å². The summed E-state index contributed by atoms with van der Waals surface area (Å²) in [5, 5.41) is 3.60. The van der Waals surface area contributed by atoms with Crippen molar-refractivity contribution in [3.8, 4) is 0 Å². The zero-order valence-corrected chi connectivity index (χ0v) is 17.4. The third-order valence-electron chi connectivity index (χ3n) is 4.70. The van der Waals surface area contributed by atoms with Crippen LogP contribution in [0.5, 0.6) is 0 Å². The molecular formula is C23H29ClN2O2. The molecular weight excluding hydrogens is 372 g/mol. The summed E-state index contributed by atoms with van der Waals surface area (Å²) in [7, 11) is 0. The lowest BCUT2D eigenvalue weighted by Crippen LogP contribution is -2.49. The van der Waals surface area contributed by atoms with Crippen molar-refractivity contribution in [3.63, 3.8) is 0 Å². The fourth-order valence-corrected chi connectivity index (χ4v) is 3.38. The fraction of sp³-hybridized carbons (Fsp3) is 0.391. The SMILES string of the molecule is CCCNC(=O)C(CC)N(Cc1ccccc1)C(=O)CCc1ccccc1Cl. The Kier molecular flexibility index (Phi) is 9.02. The van der Waals surface area contributed by atoms with Crippen LogP contribution in [0, 0.1) is 0 Å². The monoisotopic (exact) mass is 400 g/mol. The van der Waals surface area contributed by atoms with Crippen molar-refractivity contribution in [3.05, 3.63) is 70.7 Å². The van der Waals surface area contributed by atoms with E-state index in [2.05, 4.69) is 5.32 Å². The number of carbonyl (C=O) groups excluding carboxylic acids is 2. The summed E-state index contributed by atoms with van der Waals surface area (Å²) in [6.07, 6.45) is 2.30. The lowest BCUT2D eigenvalue weighted by molar-refractivity contribution is -0.141. The standard InChI is InChI=1S/C23H29ClN2O2/c1-3-16-25-23(28)21(4-2)26(17-18-10-6-5-7-11-18)22(27)15-14-19-12-8-9-13-20(19)24/h5-13,21H,3-4,14-17H2,1-2H3,(H,25,28). The van der Waals surface area contributed by atoms with Crippen molar-refractivity contribution in [2.45, 2.75) is 52.1 Å². The van der Waals surface area contributed by atoms with Crippen molar-refractivity contribution in [1.82, 2.24) is 10.2 Å². The lowest BCUT2D eigenvalue weighted by Gasteiger charge is -2.30. The Hall–Kier alpha value is -2.33. The van der Waals surface area contributed by atoms with E-state index in [9.17, 15) is 9.59 Å². The molecule has 0 aliphatic heterocycles. The molecule has 2 aromatic carbocycles. The smallest absolute Gasteiger partial charge is 0.242 e. The van der Waals surface area contributed by atoms with Gasteiger partial charge in [-0.3, -0.25) is 9.59 Å². The first-order valence-electron chi connectivity index (χ1n) is 9.91.